The first-order valence-electron chi connectivity index (χ1n) is 27.4. The third-order valence-electron chi connectivity index (χ3n) is 12.8. The summed E-state index contributed by atoms with van der Waals surface area (Å²) in [6, 6.07) is 0. The van der Waals surface area contributed by atoms with Gasteiger partial charge < -0.3 is 64.2 Å². The van der Waals surface area contributed by atoms with Gasteiger partial charge in [-0.3, -0.25) is 4.79 Å². The van der Waals surface area contributed by atoms with Gasteiger partial charge in [-0.1, -0.05) is 203 Å². The molecule has 406 valence electrons. The van der Waals surface area contributed by atoms with Gasteiger partial charge in [0.2, 0.25) is 0 Å². The highest BCUT2D eigenvalue weighted by Crippen LogP contribution is 2.26. The number of aliphatic hydroxyl groups is 7. The number of esters is 1. The number of allylic oxidation sites excluding steroid dienone is 9. The molecule has 0 amide bonds. The van der Waals surface area contributed by atoms with E-state index in [2.05, 4.69) is 56.4 Å². The molecule has 70 heavy (non-hydrogen) atoms. The molecule has 2 aliphatic heterocycles. The number of rotatable bonds is 43. The van der Waals surface area contributed by atoms with E-state index in [0.717, 1.165) is 44.9 Å². The SMILES string of the molecule is CC/C=C\C/C=C\C/C=C\C/C=C\C/C=C\CC(=O)OC(COCCCCCCCCCCCCCCCCCCCCCCC)COC1OC(COC2OC(CO)C(O)C(O)C2O)C(O)C(O)C1O. The van der Waals surface area contributed by atoms with Gasteiger partial charge in [0.05, 0.1) is 32.8 Å². The number of ether oxygens (including phenoxy) is 6. The molecule has 0 saturated carbocycles. The van der Waals surface area contributed by atoms with Gasteiger partial charge in [0.1, 0.15) is 54.9 Å². The summed E-state index contributed by atoms with van der Waals surface area (Å²) in [5.41, 5.74) is 0. The highest BCUT2D eigenvalue weighted by atomic mass is 16.7. The molecule has 0 aromatic carbocycles. The van der Waals surface area contributed by atoms with Gasteiger partial charge in [0.25, 0.3) is 0 Å². The number of carbonyl (C=O) groups is 1. The Morgan fingerprint density at radius 2 is 0.871 bits per heavy atom. The zero-order valence-corrected chi connectivity index (χ0v) is 43.2. The third kappa shape index (κ3) is 30.0. The molecule has 0 bridgehead atoms. The van der Waals surface area contributed by atoms with Crippen LogP contribution in [-0.4, -0.2) is 142 Å². The van der Waals surface area contributed by atoms with Crippen molar-refractivity contribution in [1.82, 2.24) is 0 Å². The summed E-state index contributed by atoms with van der Waals surface area (Å²) in [5.74, 6) is -0.501. The Hall–Kier alpha value is -2.31. The van der Waals surface area contributed by atoms with Crippen molar-refractivity contribution in [3.8, 4) is 0 Å². The normalized spacial score (nSPS) is 26.0. The van der Waals surface area contributed by atoms with Crippen molar-refractivity contribution in [2.45, 2.75) is 255 Å². The molecule has 11 unspecified atom stereocenters. The molecule has 11 atom stereocenters. The molecule has 2 rings (SSSR count). The first-order chi connectivity index (χ1) is 34.1. The third-order valence-corrected chi connectivity index (χ3v) is 12.8. The lowest BCUT2D eigenvalue weighted by Gasteiger charge is -2.42. The Kier molecular flexibility index (Phi) is 39.3. The molecule has 14 heteroatoms. The van der Waals surface area contributed by atoms with E-state index in [1.54, 1.807) is 6.08 Å². The van der Waals surface area contributed by atoms with E-state index >= 15 is 0 Å². The van der Waals surface area contributed by atoms with Crippen LogP contribution >= 0.6 is 0 Å². The lowest BCUT2D eigenvalue weighted by molar-refractivity contribution is -0.332. The molecule has 2 heterocycles. The molecular weight excluding hydrogens is 897 g/mol. The average Bonchev–Trinajstić information content (AvgIpc) is 3.36. The topological polar surface area (TPSA) is 214 Å². The second-order valence-electron chi connectivity index (χ2n) is 19.0. The van der Waals surface area contributed by atoms with Crippen molar-refractivity contribution in [2.75, 3.05) is 33.0 Å². The Morgan fingerprint density at radius 1 is 0.471 bits per heavy atom. The van der Waals surface area contributed by atoms with Crippen LogP contribution in [-0.2, 0) is 33.2 Å². The van der Waals surface area contributed by atoms with Crippen LogP contribution in [0, 0.1) is 0 Å². The van der Waals surface area contributed by atoms with Gasteiger partial charge in [0, 0.05) is 6.61 Å². The van der Waals surface area contributed by atoms with Gasteiger partial charge in [-0.2, -0.15) is 0 Å². The van der Waals surface area contributed by atoms with E-state index in [4.69, 9.17) is 28.4 Å². The summed E-state index contributed by atoms with van der Waals surface area (Å²) in [6.45, 7) is 3.46. The molecule has 2 saturated heterocycles. The number of hydrogen-bond donors (Lipinski definition) is 7. The van der Waals surface area contributed by atoms with Gasteiger partial charge in [-0.15, -0.1) is 0 Å². The maximum absolute atomic E-state index is 13.0. The minimum Gasteiger partial charge on any atom is -0.457 e. The standard InChI is InChI=1S/C56H98O14/c1-3-5-7-9-11-13-15-17-19-20-21-22-23-24-26-28-30-32-34-36-38-40-65-42-45(68-48(58)39-37-35-33-31-29-27-25-18-16-14-12-10-8-6-4-2)43-66-55-54(64)52(62)50(60)47(70-55)44-67-56-53(63)51(61)49(59)46(41-57)69-56/h6,8,12,14,18,25,29,31,35,37,45-47,49-57,59-64H,3-5,7,9-11,13,15-17,19-24,26-28,30,32-34,36,38-44H2,1-2H3/b8-6-,14-12-,25-18-,31-29-,37-35-. The Bertz CT molecular complexity index is 1390. The highest BCUT2D eigenvalue weighted by Gasteiger charge is 2.47. The molecule has 7 N–H and O–H groups in total. The summed E-state index contributed by atoms with van der Waals surface area (Å²) >= 11 is 0. The largest absolute Gasteiger partial charge is 0.457 e. The number of unbranched alkanes of at least 4 members (excludes halogenated alkanes) is 20. The summed E-state index contributed by atoms with van der Waals surface area (Å²) in [4.78, 5) is 13.0. The van der Waals surface area contributed by atoms with Gasteiger partial charge in [-0.25, -0.2) is 0 Å². The second-order valence-corrected chi connectivity index (χ2v) is 19.0. The summed E-state index contributed by atoms with van der Waals surface area (Å²) in [5, 5.41) is 72.2. The predicted octanol–water partition coefficient (Wildman–Crippen LogP) is 8.91. The first kappa shape index (κ1) is 63.8. The number of carbonyl (C=O) groups excluding carboxylic acids is 1. The maximum Gasteiger partial charge on any atom is 0.310 e. The molecule has 2 aliphatic rings. The summed E-state index contributed by atoms with van der Waals surface area (Å²) < 4.78 is 34.2. The van der Waals surface area contributed by atoms with E-state index in [1.807, 2.05) is 12.2 Å². The van der Waals surface area contributed by atoms with Crippen molar-refractivity contribution in [3.05, 3.63) is 60.8 Å². The molecule has 0 aromatic heterocycles. The van der Waals surface area contributed by atoms with Crippen LogP contribution in [0.2, 0.25) is 0 Å². The molecule has 0 aliphatic carbocycles. The molecule has 0 radical (unpaired) electrons. The van der Waals surface area contributed by atoms with Crippen molar-refractivity contribution in [2.24, 2.45) is 0 Å². The van der Waals surface area contributed by atoms with Crippen molar-refractivity contribution in [1.29, 1.82) is 0 Å². The average molecular weight is 995 g/mol. The highest BCUT2D eigenvalue weighted by molar-refractivity contribution is 5.71. The van der Waals surface area contributed by atoms with E-state index in [1.165, 1.54) is 116 Å². The maximum atomic E-state index is 13.0. The van der Waals surface area contributed by atoms with E-state index in [9.17, 15) is 40.5 Å². The molecule has 14 nitrogen and oxygen atoms in total. The fourth-order valence-electron chi connectivity index (χ4n) is 8.42. The molecular formula is C56H98O14. The van der Waals surface area contributed by atoms with Gasteiger partial charge in [-0.05, 0) is 38.5 Å². The quantitative estimate of drug-likeness (QED) is 0.0173. The monoisotopic (exact) mass is 995 g/mol. The van der Waals surface area contributed by atoms with Crippen LogP contribution in [0.1, 0.15) is 187 Å². The van der Waals surface area contributed by atoms with Crippen molar-refractivity contribution >= 4 is 5.97 Å². The zero-order valence-electron chi connectivity index (χ0n) is 43.2. The van der Waals surface area contributed by atoms with Crippen LogP contribution < -0.4 is 0 Å². The zero-order chi connectivity index (χ0) is 50.9. The summed E-state index contributed by atoms with van der Waals surface area (Å²) in [7, 11) is 0. The van der Waals surface area contributed by atoms with Crippen molar-refractivity contribution < 1.29 is 69.0 Å². The smallest absolute Gasteiger partial charge is 0.310 e. The first-order valence-corrected chi connectivity index (χ1v) is 27.4. The van der Waals surface area contributed by atoms with Gasteiger partial charge in [0.15, 0.2) is 12.6 Å². The van der Waals surface area contributed by atoms with E-state index in [-0.39, 0.29) is 19.6 Å². The molecule has 0 aromatic rings. The van der Waals surface area contributed by atoms with Crippen LogP contribution in [0.3, 0.4) is 0 Å². The van der Waals surface area contributed by atoms with Crippen LogP contribution in [0.5, 0.6) is 0 Å². The number of hydrogen-bond acceptors (Lipinski definition) is 14. The molecule has 0 spiro atoms. The predicted molar refractivity (Wildman–Crippen MR) is 275 cm³/mol. The van der Waals surface area contributed by atoms with Crippen molar-refractivity contribution in [3.63, 3.8) is 0 Å². The van der Waals surface area contributed by atoms with E-state index < -0.39 is 86.7 Å². The number of aliphatic hydroxyl groups excluding tert-OH is 7. The Balaban J connectivity index is 1.75. The van der Waals surface area contributed by atoms with Crippen LogP contribution in [0.25, 0.3) is 0 Å². The molecule has 2 fully saturated rings. The minimum atomic E-state index is -1.72. The second kappa shape index (κ2) is 43.1. The Morgan fingerprint density at radius 3 is 1.33 bits per heavy atom. The fourth-order valence-corrected chi connectivity index (χ4v) is 8.42. The van der Waals surface area contributed by atoms with E-state index in [0.29, 0.717) is 13.0 Å². The fraction of sp³-hybridized carbons (Fsp3) is 0.804. The van der Waals surface area contributed by atoms with Crippen LogP contribution in [0.4, 0.5) is 0 Å². The van der Waals surface area contributed by atoms with Crippen LogP contribution in [0.15, 0.2) is 60.8 Å². The lowest BCUT2D eigenvalue weighted by atomic mass is 9.98. The van der Waals surface area contributed by atoms with Gasteiger partial charge >= 0.3 is 5.97 Å². The Labute approximate surface area is 422 Å². The minimum absolute atomic E-state index is 0.0221. The lowest BCUT2D eigenvalue weighted by Crippen LogP contribution is -2.61. The summed E-state index contributed by atoms with van der Waals surface area (Å²) in [6.07, 6.45) is 36.1.